The SMILES string of the molecule is CN=C(NCCCOCC1CCOCC1)NCc1ccc(-n2cccn2)cc1.I. The van der Waals surface area contributed by atoms with Crippen molar-refractivity contribution in [2.45, 2.75) is 25.8 Å². The van der Waals surface area contributed by atoms with Crippen LogP contribution in [-0.2, 0) is 16.0 Å². The lowest BCUT2D eigenvalue weighted by molar-refractivity contribution is 0.0203. The number of hydrogen-bond donors (Lipinski definition) is 2. The van der Waals surface area contributed by atoms with E-state index < -0.39 is 0 Å². The fraction of sp³-hybridized carbons (Fsp3) is 0.524. The molecule has 160 valence electrons. The predicted octanol–water partition coefficient (Wildman–Crippen LogP) is 2.99. The van der Waals surface area contributed by atoms with Crippen LogP contribution in [0.5, 0.6) is 0 Å². The van der Waals surface area contributed by atoms with E-state index in [1.165, 1.54) is 5.56 Å². The summed E-state index contributed by atoms with van der Waals surface area (Å²) < 4.78 is 13.0. The molecule has 0 amide bonds. The van der Waals surface area contributed by atoms with Crippen molar-refractivity contribution in [3.8, 4) is 5.69 Å². The van der Waals surface area contributed by atoms with E-state index in [-0.39, 0.29) is 24.0 Å². The summed E-state index contributed by atoms with van der Waals surface area (Å²) in [6.07, 6.45) is 6.92. The van der Waals surface area contributed by atoms with Crippen molar-refractivity contribution in [3.63, 3.8) is 0 Å². The van der Waals surface area contributed by atoms with E-state index in [4.69, 9.17) is 9.47 Å². The first-order chi connectivity index (χ1) is 13.8. The van der Waals surface area contributed by atoms with Crippen LogP contribution in [0.15, 0.2) is 47.7 Å². The topological polar surface area (TPSA) is 72.7 Å². The molecule has 7 nitrogen and oxygen atoms in total. The fourth-order valence-corrected chi connectivity index (χ4v) is 3.14. The van der Waals surface area contributed by atoms with Gasteiger partial charge in [-0.05, 0) is 48.9 Å². The van der Waals surface area contributed by atoms with Crippen LogP contribution >= 0.6 is 24.0 Å². The zero-order valence-electron chi connectivity index (χ0n) is 17.0. The Morgan fingerprint density at radius 1 is 1.24 bits per heavy atom. The first-order valence-corrected chi connectivity index (χ1v) is 10.0. The van der Waals surface area contributed by atoms with Crippen molar-refractivity contribution in [1.82, 2.24) is 20.4 Å². The number of halogens is 1. The summed E-state index contributed by atoms with van der Waals surface area (Å²) >= 11 is 0. The lowest BCUT2D eigenvalue weighted by Gasteiger charge is -2.21. The van der Waals surface area contributed by atoms with E-state index in [0.717, 1.165) is 70.4 Å². The van der Waals surface area contributed by atoms with Crippen LogP contribution < -0.4 is 10.6 Å². The van der Waals surface area contributed by atoms with Crippen molar-refractivity contribution in [1.29, 1.82) is 0 Å². The monoisotopic (exact) mass is 513 g/mol. The standard InChI is InChI=1S/C21H31N5O2.HI/c1-22-21(23-10-3-13-28-17-19-8-14-27-15-9-19)24-16-18-4-6-20(7-5-18)26-12-2-11-25-26;/h2,4-7,11-12,19H,3,8-10,13-17H2,1H3,(H2,22,23,24);1H. The van der Waals surface area contributed by atoms with Gasteiger partial charge in [0.1, 0.15) is 0 Å². The van der Waals surface area contributed by atoms with Gasteiger partial charge in [0.05, 0.1) is 5.69 Å². The van der Waals surface area contributed by atoms with Gasteiger partial charge in [-0.15, -0.1) is 24.0 Å². The van der Waals surface area contributed by atoms with Gasteiger partial charge in [0.2, 0.25) is 0 Å². The summed E-state index contributed by atoms with van der Waals surface area (Å²) in [5.74, 6) is 1.47. The Morgan fingerprint density at radius 2 is 2.03 bits per heavy atom. The number of guanidine groups is 1. The molecular weight excluding hydrogens is 481 g/mol. The predicted molar refractivity (Wildman–Crippen MR) is 126 cm³/mol. The van der Waals surface area contributed by atoms with Crippen molar-refractivity contribution in [2.75, 3.05) is 40.0 Å². The first kappa shape index (κ1) is 23.6. The lowest BCUT2D eigenvalue weighted by atomic mass is 10.0. The van der Waals surface area contributed by atoms with Crippen LogP contribution in [0.25, 0.3) is 5.69 Å². The van der Waals surface area contributed by atoms with Crippen LogP contribution in [-0.4, -0.2) is 55.8 Å². The second kappa shape index (κ2) is 13.6. The van der Waals surface area contributed by atoms with E-state index in [9.17, 15) is 0 Å². The molecule has 1 saturated heterocycles. The largest absolute Gasteiger partial charge is 0.381 e. The Kier molecular flexibility index (Phi) is 11.0. The van der Waals surface area contributed by atoms with Crippen molar-refractivity contribution in [2.24, 2.45) is 10.9 Å². The molecule has 2 heterocycles. The van der Waals surface area contributed by atoms with Crippen molar-refractivity contribution < 1.29 is 9.47 Å². The fourth-order valence-electron chi connectivity index (χ4n) is 3.14. The molecule has 8 heteroatoms. The second-order valence-corrected chi connectivity index (χ2v) is 6.95. The summed E-state index contributed by atoms with van der Waals surface area (Å²) in [4.78, 5) is 4.28. The van der Waals surface area contributed by atoms with Crippen LogP contribution in [0.1, 0.15) is 24.8 Å². The molecule has 0 aliphatic carbocycles. The van der Waals surface area contributed by atoms with Gasteiger partial charge in [0.25, 0.3) is 0 Å². The van der Waals surface area contributed by atoms with E-state index in [1.807, 2.05) is 16.9 Å². The minimum absolute atomic E-state index is 0. The van der Waals surface area contributed by atoms with Gasteiger partial charge in [-0.2, -0.15) is 5.10 Å². The Bertz CT molecular complexity index is 700. The highest BCUT2D eigenvalue weighted by Gasteiger charge is 2.13. The molecule has 0 atom stereocenters. The zero-order valence-corrected chi connectivity index (χ0v) is 19.4. The molecule has 1 aromatic heterocycles. The van der Waals surface area contributed by atoms with E-state index in [0.29, 0.717) is 5.92 Å². The third-order valence-electron chi connectivity index (χ3n) is 4.84. The average Bonchev–Trinajstić information content (AvgIpc) is 3.29. The molecule has 2 N–H and O–H groups in total. The summed E-state index contributed by atoms with van der Waals surface area (Å²) in [6.45, 7) is 4.94. The number of benzene rings is 1. The molecule has 1 fully saturated rings. The van der Waals surface area contributed by atoms with E-state index in [2.05, 4.69) is 45.0 Å². The first-order valence-electron chi connectivity index (χ1n) is 10.0. The molecule has 3 rings (SSSR count). The number of nitrogens with zero attached hydrogens (tertiary/aromatic N) is 3. The van der Waals surface area contributed by atoms with Gasteiger partial charge in [-0.3, -0.25) is 4.99 Å². The zero-order chi connectivity index (χ0) is 19.4. The van der Waals surface area contributed by atoms with Crippen molar-refractivity contribution in [3.05, 3.63) is 48.3 Å². The normalized spacial score (nSPS) is 15.0. The third-order valence-corrected chi connectivity index (χ3v) is 4.84. The van der Waals surface area contributed by atoms with Gasteiger partial charge >= 0.3 is 0 Å². The Balaban J connectivity index is 0.00000300. The van der Waals surface area contributed by atoms with E-state index >= 15 is 0 Å². The smallest absolute Gasteiger partial charge is 0.191 e. The van der Waals surface area contributed by atoms with Gasteiger partial charge < -0.3 is 20.1 Å². The summed E-state index contributed by atoms with van der Waals surface area (Å²) in [6, 6.07) is 10.2. The molecule has 1 aliphatic heterocycles. The number of nitrogens with one attached hydrogen (secondary N) is 2. The van der Waals surface area contributed by atoms with Crippen LogP contribution in [0.2, 0.25) is 0 Å². The Hall–Kier alpha value is -1.65. The molecule has 0 spiro atoms. The Morgan fingerprint density at radius 3 is 2.72 bits per heavy atom. The lowest BCUT2D eigenvalue weighted by Crippen LogP contribution is -2.37. The highest BCUT2D eigenvalue weighted by atomic mass is 127. The number of hydrogen-bond acceptors (Lipinski definition) is 4. The maximum absolute atomic E-state index is 5.80. The van der Waals surface area contributed by atoms with Gasteiger partial charge in [0.15, 0.2) is 5.96 Å². The molecule has 0 saturated carbocycles. The number of ether oxygens (including phenoxy) is 2. The molecule has 0 unspecified atom stereocenters. The van der Waals surface area contributed by atoms with E-state index in [1.54, 1.807) is 13.2 Å². The summed E-state index contributed by atoms with van der Waals surface area (Å²) in [5.41, 5.74) is 2.25. The van der Waals surface area contributed by atoms with Gasteiger partial charge in [-0.1, -0.05) is 12.1 Å². The third kappa shape index (κ3) is 8.31. The number of rotatable bonds is 9. The maximum atomic E-state index is 5.80. The molecule has 29 heavy (non-hydrogen) atoms. The molecule has 0 bridgehead atoms. The minimum Gasteiger partial charge on any atom is -0.381 e. The van der Waals surface area contributed by atoms with Crippen LogP contribution in [0.3, 0.4) is 0 Å². The summed E-state index contributed by atoms with van der Waals surface area (Å²) in [7, 11) is 1.79. The van der Waals surface area contributed by atoms with Gasteiger partial charge in [-0.25, -0.2) is 4.68 Å². The van der Waals surface area contributed by atoms with Crippen molar-refractivity contribution >= 4 is 29.9 Å². The average molecular weight is 513 g/mol. The number of aliphatic imine (C=N–C) groups is 1. The maximum Gasteiger partial charge on any atom is 0.191 e. The second-order valence-electron chi connectivity index (χ2n) is 6.95. The highest BCUT2D eigenvalue weighted by Crippen LogP contribution is 2.14. The van der Waals surface area contributed by atoms with Gasteiger partial charge in [0, 0.05) is 59.0 Å². The molecule has 2 aromatic rings. The summed E-state index contributed by atoms with van der Waals surface area (Å²) in [5, 5.41) is 10.9. The van der Waals surface area contributed by atoms with Crippen LogP contribution in [0, 0.1) is 5.92 Å². The molecule has 0 radical (unpaired) electrons. The highest BCUT2D eigenvalue weighted by molar-refractivity contribution is 14.0. The molecule has 1 aliphatic rings. The minimum atomic E-state index is 0. The van der Waals surface area contributed by atoms with Crippen LogP contribution in [0.4, 0.5) is 0 Å². The quantitative estimate of drug-likeness (QED) is 0.234. The number of aromatic nitrogens is 2. The molecule has 1 aromatic carbocycles. The molecular formula is C21H32IN5O2. The Labute approximate surface area is 190 Å².